The van der Waals surface area contributed by atoms with E-state index in [-0.39, 0.29) is 23.9 Å². The molecule has 1 amide bonds. The third-order valence-electron chi connectivity index (χ3n) is 3.97. The minimum atomic E-state index is -3.39. The van der Waals surface area contributed by atoms with E-state index in [1.54, 1.807) is 25.1 Å². The number of amides is 1. The first kappa shape index (κ1) is 18.2. The Balaban J connectivity index is 1.81. The maximum absolute atomic E-state index is 12.4. The van der Waals surface area contributed by atoms with E-state index >= 15 is 0 Å². The van der Waals surface area contributed by atoms with Gasteiger partial charge in [0.1, 0.15) is 5.75 Å². The number of carbonyl (C=O) groups is 1. The van der Waals surface area contributed by atoms with Crippen LogP contribution in [-0.2, 0) is 21.2 Å². The van der Waals surface area contributed by atoms with Crippen LogP contribution in [0.5, 0.6) is 5.75 Å². The third-order valence-corrected chi connectivity index (χ3v) is 5.82. The summed E-state index contributed by atoms with van der Waals surface area (Å²) >= 11 is 0. The van der Waals surface area contributed by atoms with Gasteiger partial charge in [-0.05, 0) is 31.0 Å². The van der Waals surface area contributed by atoms with Crippen LogP contribution in [0.3, 0.4) is 0 Å². The zero-order chi connectivity index (χ0) is 18.7. The molecule has 1 aliphatic heterocycles. The lowest BCUT2D eigenvalue weighted by molar-refractivity contribution is -0.115. The van der Waals surface area contributed by atoms with E-state index in [4.69, 9.17) is 9.26 Å². The van der Waals surface area contributed by atoms with Gasteiger partial charge in [-0.2, -0.15) is 4.98 Å². The van der Waals surface area contributed by atoms with Crippen molar-refractivity contribution in [2.24, 2.45) is 0 Å². The molecular formula is C16H20N4O5S. The molecule has 0 saturated carbocycles. The largest absolute Gasteiger partial charge is 0.495 e. The highest BCUT2D eigenvalue weighted by molar-refractivity contribution is 7.92. The third kappa shape index (κ3) is 3.96. The molecule has 26 heavy (non-hydrogen) atoms. The molecule has 2 aromatic rings. The molecule has 0 unspecified atom stereocenters. The van der Waals surface area contributed by atoms with Gasteiger partial charge in [0, 0.05) is 19.2 Å². The van der Waals surface area contributed by atoms with Crippen LogP contribution in [-0.4, -0.2) is 43.9 Å². The van der Waals surface area contributed by atoms with Gasteiger partial charge in [0.05, 0.1) is 25.0 Å². The maximum Gasteiger partial charge on any atom is 0.235 e. The van der Waals surface area contributed by atoms with Gasteiger partial charge in [-0.15, -0.1) is 0 Å². The summed E-state index contributed by atoms with van der Waals surface area (Å²) in [6, 6.07) is 4.88. The summed E-state index contributed by atoms with van der Waals surface area (Å²) in [4.78, 5) is 16.1. The summed E-state index contributed by atoms with van der Waals surface area (Å²) in [7, 11) is -1.91. The molecule has 140 valence electrons. The predicted molar refractivity (Wildman–Crippen MR) is 94.7 cm³/mol. The Hall–Kier alpha value is -2.62. The Kier molecular flexibility index (Phi) is 5.12. The SMILES string of the molecule is COc1ccc(NC(=O)Cc2noc(C)n2)cc1N1CCCCS1(=O)=O. The molecule has 1 aromatic heterocycles. The van der Waals surface area contributed by atoms with Crippen LogP contribution in [0.2, 0.25) is 0 Å². The van der Waals surface area contributed by atoms with E-state index in [1.807, 2.05) is 0 Å². The quantitative estimate of drug-likeness (QED) is 0.836. The zero-order valence-electron chi connectivity index (χ0n) is 14.6. The van der Waals surface area contributed by atoms with Crippen LogP contribution in [0.1, 0.15) is 24.6 Å². The normalized spacial score (nSPS) is 16.3. The molecule has 1 aromatic carbocycles. The van der Waals surface area contributed by atoms with Gasteiger partial charge in [-0.1, -0.05) is 5.16 Å². The lowest BCUT2D eigenvalue weighted by Crippen LogP contribution is -2.38. The number of hydrogen-bond donors (Lipinski definition) is 1. The molecule has 1 aliphatic rings. The number of sulfonamides is 1. The van der Waals surface area contributed by atoms with Gasteiger partial charge in [-0.25, -0.2) is 8.42 Å². The standard InChI is InChI=1S/C16H20N4O5S/c1-11-17-15(19-25-11)10-16(21)18-12-5-6-14(24-2)13(9-12)20-7-3-4-8-26(20,22)23/h5-6,9H,3-4,7-8,10H2,1-2H3,(H,18,21). The molecule has 10 heteroatoms. The average Bonchev–Trinajstić information content (AvgIpc) is 2.99. The number of anilines is 2. The maximum atomic E-state index is 12.4. The van der Waals surface area contributed by atoms with Crippen molar-refractivity contribution >= 4 is 27.3 Å². The van der Waals surface area contributed by atoms with Gasteiger partial charge >= 0.3 is 0 Å². The summed E-state index contributed by atoms with van der Waals surface area (Å²) < 4.78 is 36.2. The van der Waals surface area contributed by atoms with Crippen LogP contribution < -0.4 is 14.4 Å². The topological polar surface area (TPSA) is 115 Å². The molecule has 2 heterocycles. The van der Waals surface area contributed by atoms with Crippen molar-refractivity contribution in [3.05, 3.63) is 29.9 Å². The Morgan fingerprint density at radius 3 is 2.85 bits per heavy atom. The van der Waals surface area contributed by atoms with Crippen molar-refractivity contribution in [2.45, 2.75) is 26.2 Å². The number of aryl methyl sites for hydroxylation is 1. The summed E-state index contributed by atoms with van der Waals surface area (Å²) in [5.41, 5.74) is 0.882. The second kappa shape index (κ2) is 7.32. The fourth-order valence-corrected chi connectivity index (χ4v) is 4.42. The highest BCUT2D eigenvalue weighted by Crippen LogP contribution is 2.35. The van der Waals surface area contributed by atoms with Gasteiger partial charge in [0.15, 0.2) is 5.82 Å². The molecule has 0 radical (unpaired) electrons. The lowest BCUT2D eigenvalue weighted by Gasteiger charge is -2.29. The number of ether oxygens (including phenoxy) is 1. The average molecular weight is 380 g/mol. The number of methoxy groups -OCH3 is 1. The number of benzene rings is 1. The highest BCUT2D eigenvalue weighted by atomic mass is 32.2. The van der Waals surface area contributed by atoms with Gasteiger partial charge in [-0.3, -0.25) is 9.10 Å². The minimum absolute atomic E-state index is 0.0410. The monoisotopic (exact) mass is 380 g/mol. The van der Waals surface area contributed by atoms with Crippen molar-refractivity contribution in [1.82, 2.24) is 10.1 Å². The number of nitrogens with zero attached hydrogens (tertiary/aromatic N) is 3. The molecule has 1 saturated heterocycles. The van der Waals surface area contributed by atoms with Gasteiger partial charge in [0.25, 0.3) is 0 Å². The van der Waals surface area contributed by atoms with E-state index in [9.17, 15) is 13.2 Å². The Bertz CT molecular complexity index is 909. The van der Waals surface area contributed by atoms with Crippen LogP contribution in [0.4, 0.5) is 11.4 Å². The smallest absolute Gasteiger partial charge is 0.235 e. The van der Waals surface area contributed by atoms with E-state index < -0.39 is 10.0 Å². The van der Waals surface area contributed by atoms with Crippen LogP contribution >= 0.6 is 0 Å². The van der Waals surface area contributed by atoms with Crippen molar-refractivity contribution < 1.29 is 22.5 Å². The summed E-state index contributed by atoms with van der Waals surface area (Å²) in [5.74, 6) is 0.872. The molecule has 1 N–H and O–H groups in total. The Morgan fingerprint density at radius 1 is 1.38 bits per heavy atom. The fraction of sp³-hybridized carbons (Fsp3) is 0.438. The molecule has 0 atom stereocenters. The molecule has 1 fully saturated rings. The first-order valence-electron chi connectivity index (χ1n) is 8.16. The van der Waals surface area contributed by atoms with E-state index in [2.05, 4.69) is 15.5 Å². The van der Waals surface area contributed by atoms with Crippen molar-refractivity contribution in [3.8, 4) is 5.75 Å². The fourth-order valence-electron chi connectivity index (χ4n) is 2.78. The highest BCUT2D eigenvalue weighted by Gasteiger charge is 2.28. The Morgan fingerprint density at radius 2 is 2.19 bits per heavy atom. The number of carbonyl (C=O) groups excluding carboxylic acids is 1. The number of rotatable bonds is 5. The second-order valence-corrected chi connectivity index (χ2v) is 7.95. The molecule has 9 nitrogen and oxygen atoms in total. The first-order chi connectivity index (χ1) is 12.4. The van der Waals surface area contributed by atoms with Crippen molar-refractivity contribution in [3.63, 3.8) is 0 Å². The van der Waals surface area contributed by atoms with Crippen molar-refractivity contribution in [2.75, 3.05) is 29.0 Å². The molecule has 0 aliphatic carbocycles. The van der Waals surface area contributed by atoms with Gasteiger partial charge in [0.2, 0.25) is 21.8 Å². The molecular weight excluding hydrogens is 360 g/mol. The molecule has 0 spiro atoms. The van der Waals surface area contributed by atoms with Crippen LogP contribution in [0.25, 0.3) is 0 Å². The van der Waals surface area contributed by atoms with E-state index in [1.165, 1.54) is 11.4 Å². The Labute approximate surface area is 151 Å². The van der Waals surface area contributed by atoms with Crippen LogP contribution in [0, 0.1) is 6.92 Å². The second-order valence-electron chi connectivity index (χ2n) is 5.94. The summed E-state index contributed by atoms with van der Waals surface area (Å²) in [5, 5.41) is 6.40. The van der Waals surface area contributed by atoms with E-state index in [0.29, 0.717) is 36.0 Å². The summed E-state index contributed by atoms with van der Waals surface area (Å²) in [6.07, 6.45) is 1.37. The first-order valence-corrected chi connectivity index (χ1v) is 9.77. The molecule has 0 bridgehead atoms. The number of hydrogen-bond acceptors (Lipinski definition) is 7. The molecule has 3 rings (SSSR count). The summed E-state index contributed by atoms with van der Waals surface area (Å²) in [6.45, 7) is 2.03. The van der Waals surface area contributed by atoms with Crippen LogP contribution in [0.15, 0.2) is 22.7 Å². The minimum Gasteiger partial charge on any atom is -0.495 e. The lowest BCUT2D eigenvalue weighted by atomic mass is 10.2. The van der Waals surface area contributed by atoms with Crippen molar-refractivity contribution in [1.29, 1.82) is 0 Å². The van der Waals surface area contributed by atoms with Gasteiger partial charge < -0.3 is 14.6 Å². The number of nitrogens with one attached hydrogen (secondary N) is 1. The zero-order valence-corrected chi connectivity index (χ0v) is 15.4. The predicted octanol–water partition coefficient (Wildman–Crippen LogP) is 1.50. The van der Waals surface area contributed by atoms with E-state index in [0.717, 1.165) is 6.42 Å². The number of aromatic nitrogens is 2.